The van der Waals surface area contributed by atoms with E-state index < -0.39 is 5.54 Å². The van der Waals surface area contributed by atoms with Crippen molar-refractivity contribution in [2.45, 2.75) is 32.2 Å². The van der Waals surface area contributed by atoms with Gasteiger partial charge in [0.05, 0.1) is 6.07 Å². The number of pyridine rings is 1. The maximum absolute atomic E-state index is 11.9. The van der Waals surface area contributed by atoms with E-state index in [2.05, 4.69) is 32.3 Å². The summed E-state index contributed by atoms with van der Waals surface area (Å²) >= 11 is 3.25. The van der Waals surface area contributed by atoms with Crippen LogP contribution in [0.4, 0.5) is 0 Å². The maximum atomic E-state index is 11.9. The molecule has 1 heterocycles. The molecule has 1 rings (SSSR count). The number of nitrogens with zero attached hydrogens (tertiary/aromatic N) is 2. The zero-order chi connectivity index (χ0) is 12.9. The number of nitrogens with one attached hydrogen (secondary N) is 1. The molecule has 0 unspecified atom stereocenters. The third-order valence-electron chi connectivity index (χ3n) is 2.73. The van der Waals surface area contributed by atoms with E-state index in [1.54, 1.807) is 18.3 Å². The van der Waals surface area contributed by atoms with E-state index in [1.165, 1.54) is 0 Å². The first-order chi connectivity index (χ1) is 8.06. The Morgan fingerprint density at radius 1 is 1.53 bits per heavy atom. The molecule has 0 aliphatic carbocycles. The summed E-state index contributed by atoms with van der Waals surface area (Å²) in [6.07, 6.45) is 2.70. The Hall–Kier alpha value is -1.41. The smallest absolute Gasteiger partial charge is 0.271 e. The van der Waals surface area contributed by atoms with Crippen LogP contribution in [0.15, 0.2) is 22.8 Å². The number of carbonyl (C=O) groups excluding carboxylic acids is 1. The van der Waals surface area contributed by atoms with Gasteiger partial charge in [-0.25, -0.2) is 4.98 Å². The van der Waals surface area contributed by atoms with Gasteiger partial charge in [0, 0.05) is 10.7 Å². The molecule has 1 amide bonds. The van der Waals surface area contributed by atoms with Gasteiger partial charge >= 0.3 is 0 Å². The van der Waals surface area contributed by atoms with Crippen molar-refractivity contribution in [3.05, 3.63) is 28.5 Å². The van der Waals surface area contributed by atoms with E-state index in [1.807, 2.05) is 13.8 Å². The molecule has 0 bridgehead atoms. The van der Waals surface area contributed by atoms with Crippen LogP contribution in [0.3, 0.4) is 0 Å². The monoisotopic (exact) mass is 295 g/mol. The zero-order valence-corrected chi connectivity index (χ0v) is 11.4. The number of halogens is 1. The minimum Gasteiger partial charge on any atom is -0.332 e. The van der Waals surface area contributed by atoms with Crippen molar-refractivity contribution in [1.82, 2.24) is 10.3 Å². The molecule has 0 aromatic carbocycles. The van der Waals surface area contributed by atoms with E-state index in [0.29, 0.717) is 18.5 Å². The van der Waals surface area contributed by atoms with Crippen LogP contribution >= 0.6 is 15.9 Å². The largest absolute Gasteiger partial charge is 0.332 e. The van der Waals surface area contributed by atoms with Gasteiger partial charge in [0.1, 0.15) is 11.2 Å². The van der Waals surface area contributed by atoms with Crippen LogP contribution in [0.25, 0.3) is 0 Å². The van der Waals surface area contributed by atoms with Crippen molar-refractivity contribution in [2.75, 3.05) is 0 Å². The van der Waals surface area contributed by atoms with E-state index in [9.17, 15) is 4.79 Å². The van der Waals surface area contributed by atoms with E-state index in [4.69, 9.17) is 5.26 Å². The van der Waals surface area contributed by atoms with E-state index in [-0.39, 0.29) is 5.91 Å². The zero-order valence-electron chi connectivity index (χ0n) is 9.83. The van der Waals surface area contributed by atoms with Crippen LogP contribution in [-0.4, -0.2) is 16.4 Å². The second-order valence-electron chi connectivity index (χ2n) is 3.72. The minimum atomic E-state index is -0.800. The van der Waals surface area contributed by atoms with Crippen molar-refractivity contribution in [3.8, 4) is 6.07 Å². The van der Waals surface area contributed by atoms with Crippen molar-refractivity contribution < 1.29 is 4.79 Å². The Morgan fingerprint density at radius 3 is 2.59 bits per heavy atom. The van der Waals surface area contributed by atoms with Crippen LogP contribution in [-0.2, 0) is 0 Å². The lowest BCUT2D eigenvalue weighted by molar-refractivity contribution is 0.0910. The first-order valence-corrected chi connectivity index (χ1v) is 6.21. The topological polar surface area (TPSA) is 65.8 Å². The van der Waals surface area contributed by atoms with Crippen molar-refractivity contribution in [2.24, 2.45) is 0 Å². The van der Waals surface area contributed by atoms with Crippen molar-refractivity contribution in [1.29, 1.82) is 5.26 Å². The first kappa shape index (κ1) is 13.7. The molecule has 5 heteroatoms. The van der Waals surface area contributed by atoms with Crippen LogP contribution in [0, 0.1) is 11.3 Å². The number of nitriles is 1. The van der Waals surface area contributed by atoms with Gasteiger partial charge in [0.15, 0.2) is 0 Å². The predicted molar refractivity (Wildman–Crippen MR) is 68.3 cm³/mol. The predicted octanol–water partition coefficient (Wildman–Crippen LogP) is 2.66. The number of amides is 1. The average molecular weight is 296 g/mol. The maximum Gasteiger partial charge on any atom is 0.271 e. The highest BCUT2D eigenvalue weighted by atomic mass is 79.9. The summed E-state index contributed by atoms with van der Waals surface area (Å²) in [5.41, 5.74) is -0.485. The quantitative estimate of drug-likeness (QED) is 0.929. The van der Waals surface area contributed by atoms with Crippen LogP contribution in [0.2, 0.25) is 0 Å². The number of hydrogen-bond donors (Lipinski definition) is 1. The number of rotatable bonds is 4. The number of aromatic nitrogens is 1. The molecule has 0 aliphatic rings. The SMILES string of the molecule is CCC(C#N)(CC)NC(=O)c1ccc(Br)cn1. The summed E-state index contributed by atoms with van der Waals surface area (Å²) in [5, 5.41) is 11.9. The molecule has 0 spiro atoms. The van der Waals surface area contributed by atoms with Gasteiger partial charge in [-0.2, -0.15) is 5.26 Å². The molecule has 0 aliphatic heterocycles. The summed E-state index contributed by atoms with van der Waals surface area (Å²) in [6, 6.07) is 5.52. The van der Waals surface area contributed by atoms with E-state index in [0.717, 1.165) is 4.47 Å². The third-order valence-corrected chi connectivity index (χ3v) is 3.20. The Kier molecular flexibility index (Phi) is 4.64. The molecular weight excluding hydrogens is 282 g/mol. The summed E-state index contributed by atoms with van der Waals surface area (Å²) in [5.74, 6) is -0.317. The standard InChI is InChI=1S/C12H14BrN3O/c1-3-12(4-2,8-14)16-11(17)10-6-5-9(13)7-15-10/h5-7H,3-4H2,1-2H3,(H,16,17). The van der Waals surface area contributed by atoms with E-state index >= 15 is 0 Å². The van der Waals surface area contributed by atoms with Crippen molar-refractivity contribution in [3.63, 3.8) is 0 Å². The Bertz CT molecular complexity index is 432. The second kappa shape index (κ2) is 5.78. The van der Waals surface area contributed by atoms with Gasteiger partial charge in [0.2, 0.25) is 0 Å². The van der Waals surface area contributed by atoms with Gasteiger partial charge in [0.25, 0.3) is 5.91 Å². The van der Waals surface area contributed by atoms with Crippen LogP contribution in [0.5, 0.6) is 0 Å². The molecule has 0 radical (unpaired) electrons. The lowest BCUT2D eigenvalue weighted by Gasteiger charge is -2.24. The first-order valence-electron chi connectivity index (χ1n) is 5.42. The van der Waals surface area contributed by atoms with Gasteiger partial charge in [-0.05, 0) is 40.9 Å². The average Bonchev–Trinajstić information content (AvgIpc) is 2.37. The number of hydrogen-bond acceptors (Lipinski definition) is 3. The third kappa shape index (κ3) is 3.27. The molecule has 0 atom stereocenters. The fourth-order valence-corrected chi connectivity index (χ4v) is 1.64. The molecular formula is C12H14BrN3O. The molecule has 17 heavy (non-hydrogen) atoms. The normalized spacial score (nSPS) is 10.7. The summed E-state index contributed by atoms with van der Waals surface area (Å²) in [7, 11) is 0. The summed E-state index contributed by atoms with van der Waals surface area (Å²) in [6.45, 7) is 3.75. The second-order valence-corrected chi connectivity index (χ2v) is 4.63. The van der Waals surface area contributed by atoms with Crippen LogP contribution in [0.1, 0.15) is 37.2 Å². The lowest BCUT2D eigenvalue weighted by Crippen LogP contribution is -2.46. The van der Waals surface area contributed by atoms with Crippen LogP contribution < -0.4 is 5.32 Å². The highest BCUT2D eigenvalue weighted by Crippen LogP contribution is 2.15. The molecule has 0 fully saturated rings. The molecule has 4 nitrogen and oxygen atoms in total. The molecule has 0 saturated heterocycles. The Balaban J connectivity index is 2.85. The highest BCUT2D eigenvalue weighted by Gasteiger charge is 2.28. The van der Waals surface area contributed by atoms with Gasteiger partial charge in [-0.3, -0.25) is 4.79 Å². The molecule has 1 N–H and O–H groups in total. The van der Waals surface area contributed by atoms with Gasteiger partial charge in [-0.1, -0.05) is 13.8 Å². The minimum absolute atomic E-state index is 0.315. The summed E-state index contributed by atoms with van der Waals surface area (Å²) in [4.78, 5) is 15.9. The van der Waals surface area contributed by atoms with Gasteiger partial charge < -0.3 is 5.32 Å². The fraction of sp³-hybridized carbons (Fsp3) is 0.417. The molecule has 1 aromatic heterocycles. The molecule has 90 valence electrons. The highest BCUT2D eigenvalue weighted by molar-refractivity contribution is 9.10. The Labute approximate surface area is 109 Å². The summed E-state index contributed by atoms with van der Waals surface area (Å²) < 4.78 is 0.812. The molecule has 0 saturated carbocycles. The lowest BCUT2D eigenvalue weighted by atomic mass is 9.94. The number of carbonyl (C=O) groups is 1. The Morgan fingerprint density at radius 2 is 2.18 bits per heavy atom. The van der Waals surface area contributed by atoms with Crippen molar-refractivity contribution >= 4 is 21.8 Å². The van der Waals surface area contributed by atoms with Gasteiger partial charge in [-0.15, -0.1) is 0 Å². The fourth-order valence-electron chi connectivity index (χ4n) is 1.40. The molecule has 1 aromatic rings.